The van der Waals surface area contributed by atoms with Gasteiger partial charge in [-0.25, -0.2) is 9.37 Å². The Balaban J connectivity index is 1.62. The van der Waals surface area contributed by atoms with Crippen molar-refractivity contribution in [2.75, 3.05) is 0 Å². The van der Waals surface area contributed by atoms with Gasteiger partial charge >= 0.3 is 0 Å². The summed E-state index contributed by atoms with van der Waals surface area (Å²) in [6, 6.07) is 14.3. The minimum Gasteiger partial charge on any atom is -0.327 e. The minimum absolute atomic E-state index is 0.224. The summed E-state index contributed by atoms with van der Waals surface area (Å²) >= 11 is 0. The fourth-order valence-electron chi connectivity index (χ4n) is 3.49. The molecular weight excluding hydrogens is 313 g/mol. The summed E-state index contributed by atoms with van der Waals surface area (Å²) in [6.45, 7) is 6.83. The topological polar surface area (TPSA) is 21.1 Å². The van der Waals surface area contributed by atoms with Crippen LogP contribution in [-0.4, -0.2) is 20.5 Å². The maximum Gasteiger partial charge on any atom is 0.125 e. The highest BCUT2D eigenvalue weighted by atomic mass is 19.1. The van der Waals surface area contributed by atoms with Crippen LogP contribution in [0.25, 0.3) is 11.0 Å². The normalized spacial score (nSPS) is 14.6. The van der Waals surface area contributed by atoms with Crippen LogP contribution in [-0.2, 0) is 19.6 Å². The van der Waals surface area contributed by atoms with Gasteiger partial charge in [0.1, 0.15) is 11.6 Å². The molecule has 0 atom stereocenters. The number of nitrogens with zero attached hydrogens (tertiary/aromatic N) is 3. The predicted octanol–water partition coefficient (Wildman–Crippen LogP) is 4.67. The maximum atomic E-state index is 13.5. The van der Waals surface area contributed by atoms with E-state index in [1.165, 1.54) is 36.1 Å². The lowest BCUT2D eigenvalue weighted by atomic mass is 10.1. The number of halogens is 1. The van der Waals surface area contributed by atoms with E-state index in [9.17, 15) is 4.39 Å². The quantitative estimate of drug-likeness (QED) is 0.652. The summed E-state index contributed by atoms with van der Waals surface area (Å²) in [5.41, 5.74) is 4.40. The third-order valence-corrected chi connectivity index (χ3v) is 5.02. The van der Waals surface area contributed by atoms with Gasteiger partial charge in [0, 0.05) is 25.2 Å². The number of benzene rings is 2. The highest BCUT2D eigenvalue weighted by molar-refractivity contribution is 5.76. The molecule has 1 aromatic heterocycles. The second-order valence-corrected chi connectivity index (χ2v) is 7.03. The van der Waals surface area contributed by atoms with Gasteiger partial charge in [-0.05, 0) is 44.4 Å². The SMILES string of the molecule is CCn1c(CN(Cc2ccc(C)cc2)C2CC2)nc2cc(F)ccc21. The maximum absolute atomic E-state index is 13.5. The molecule has 1 aliphatic carbocycles. The first-order valence-corrected chi connectivity index (χ1v) is 9.08. The Morgan fingerprint density at radius 2 is 1.88 bits per heavy atom. The molecule has 3 aromatic rings. The number of fused-ring (bicyclic) bond motifs is 1. The number of hydrogen-bond acceptors (Lipinski definition) is 2. The van der Waals surface area contributed by atoms with Crippen LogP contribution >= 0.6 is 0 Å². The van der Waals surface area contributed by atoms with Gasteiger partial charge in [-0.3, -0.25) is 4.90 Å². The Morgan fingerprint density at radius 1 is 1.12 bits per heavy atom. The van der Waals surface area contributed by atoms with Crippen molar-refractivity contribution in [2.45, 2.75) is 52.4 Å². The highest BCUT2D eigenvalue weighted by Crippen LogP contribution is 2.30. The molecule has 25 heavy (non-hydrogen) atoms. The summed E-state index contributed by atoms with van der Waals surface area (Å²) in [6.07, 6.45) is 2.51. The van der Waals surface area contributed by atoms with Crippen LogP contribution in [0.4, 0.5) is 4.39 Å². The van der Waals surface area contributed by atoms with Crippen molar-refractivity contribution >= 4 is 11.0 Å². The Bertz CT molecular complexity index is 878. The van der Waals surface area contributed by atoms with Crippen molar-refractivity contribution in [3.05, 3.63) is 65.2 Å². The van der Waals surface area contributed by atoms with E-state index >= 15 is 0 Å². The van der Waals surface area contributed by atoms with Crippen molar-refractivity contribution in [1.29, 1.82) is 0 Å². The zero-order chi connectivity index (χ0) is 17.4. The smallest absolute Gasteiger partial charge is 0.125 e. The number of hydrogen-bond donors (Lipinski definition) is 0. The summed E-state index contributed by atoms with van der Waals surface area (Å²) in [7, 11) is 0. The lowest BCUT2D eigenvalue weighted by molar-refractivity contribution is 0.236. The Kier molecular flexibility index (Phi) is 4.30. The fourth-order valence-corrected chi connectivity index (χ4v) is 3.49. The average molecular weight is 337 g/mol. The zero-order valence-electron chi connectivity index (χ0n) is 14.9. The van der Waals surface area contributed by atoms with E-state index in [0.717, 1.165) is 36.5 Å². The Morgan fingerprint density at radius 3 is 2.56 bits per heavy atom. The molecule has 4 heteroatoms. The molecule has 0 amide bonds. The molecule has 0 N–H and O–H groups in total. The molecule has 0 unspecified atom stereocenters. The van der Waals surface area contributed by atoms with E-state index in [-0.39, 0.29) is 5.82 Å². The first-order chi connectivity index (χ1) is 12.1. The third kappa shape index (κ3) is 3.45. The standard InChI is InChI=1S/C21H24FN3/c1-3-25-20-11-8-17(22)12-19(20)23-21(25)14-24(18-9-10-18)13-16-6-4-15(2)5-7-16/h4-8,11-12,18H,3,9-10,13-14H2,1-2H3. The summed E-state index contributed by atoms with van der Waals surface area (Å²) in [5.74, 6) is 0.806. The van der Waals surface area contributed by atoms with E-state index in [2.05, 4.69) is 47.6 Å². The van der Waals surface area contributed by atoms with Gasteiger partial charge in [-0.15, -0.1) is 0 Å². The van der Waals surface area contributed by atoms with Crippen LogP contribution < -0.4 is 0 Å². The van der Waals surface area contributed by atoms with E-state index in [1.807, 2.05) is 6.07 Å². The number of aromatic nitrogens is 2. The van der Waals surface area contributed by atoms with E-state index in [0.29, 0.717) is 6.04 Å². The molecule has 3 nitrogen and oxygen atoms in total. The van der Waals surface area contributed by atoms with E-state index in [1.54, 1.807) is 0 Å². The largest absolute Gasteiger partial charge is 0.327 e. The second kappa shape index (κ2) is 6.60. The molecule has 0 saturated heterocycles. The lowest BCUT2D eigenvalue weighted by Gasteiger charge is -2.22. The second-order valence-electron chi connectivity index (χ2n) is 7.03. The summed E-state index contributed by atoms with van der Waals surface area (Å²) in [5, 5.41) is 0. The van der Waals surface area contributed by atoms with Crippen molar-refractivity contribution in [2.24, 2.45) is 0 Å². The molecule has 130 valence electrons. The van der Waals surface area contributed by atoms with Crippen molar-refractivity contribution in [1.82, 2.24) is 14.5 Å². The molecule has 1 fully saturated rings. The van der Waals surface area contributed by atoms with Gasteiger partial charge in [0.05, 0.1) is 17.6 Å². The van der Waals surface area contributed by atoms with E-state index in [4.69, 9.17) is 4.98 Å². The number of aryl methyl sites for hydroxylation is 2. The first kappa shape index (κ1) is 16.3. The monoisotopic (exact) mass is 337 g/mol. The fraction of sp³-hybridized carbons (Fsp3) is 0.381. The third-order valence-electron chi connectivity index (χ3n) is 5.02. The predicted molar refractivity (Wildman–Crippen MR) is 98.8 cm³/mol. The molecule has 0 aliphatic heterocycles. The molecule has 2 aromatic carbocycles. The highest BCUT2D eigenvalue weighted by Gasteiger charge is 2.30. The van der Waals surface area contributed by atoms with Gasteiger partial charge in [-0.1, -0.05) is 29.8 Å². The molecule has 1 saturated carbocycles. The summed E-state index contributed by atoms with van der Waals surface area (Å²) in [4.78, 5) is 7.24. The van der Waals surface area contributed by atoms with Gasteiger partial charge in [0.25, 0.3) is 0 Å². The molecule has 0 radical (unpaired) electrons. The molecule has 4 rings (SSSR count). The van der Waals surface area contributed by atoms with Crippen LogP contribution in [0, 0.1) is 12.7 Å². The molecule has 1 heterocycles. The minimum atomic E-state index is -0.224. The molecule has 0 spiro atoms. The van der Waals surface area contributed by atoms with Crippen LogP contribution in [0.2, 0.25) is 0 Å². The van der Waals surface area contributed by atoms with Gasteiger partial charge in [-0.2, -0.15) is 0 Å². The molecule has 0 bridgehead atoms. The number of rotatable bonds is 6. The Hall–Kier alpha value is -2.20. The van der Waals surface area contributed by atoms with Crippen molar-refractivity contribution < 1.29 is 4.39 Å². The summed E-state index contributed by atoms with van der Waals surface area (Å²) < 4.78 is 15.8. The van der Waals surface area contributed by atoms with Gasteiger partial charge < -0.3 is 4.57 Å². The zero-order valence-corrected chi connectivity index (χ0v) is 14.9. The van der Waals surface area contributed by atoms with Crippen LogP contribution in [0.1, 0.15) is 36.7 Å². The Labute approximate surface area is 148 Å². The molecular formula is C21H24FN3. The first-order valence-electron chi connectivity index (χ1n) is 9.08. The molecule has 1 aliphatic rings. The lowest BCUT2D eigenvalue weighted by Crippen LogP contribution is -2.26. The number of imidazole rings is 1. The van der Waals surface area contributed by atoms with Crippen LogP contribution in [0.3, 0.4) is 0 Å². The van der Waals surface area contributed by atoms with Crippen LogP contribution in [0.15, 0.2) is 42.5 Å². The van der Waals surface area contributed by atoms with Crippen molar-refractivity contribution in [3.63, 3.8) is 0 Å². The van der Waals surface area contributed by atoms with Gasteiger partial charge in [0.15, 0.2) is 0 Å². The van der Waals surface area contributed by atoms with Gasteiger partial charge in [0.2, 0.25) is 0 Å². The van der Waals surface area contributed by atoms with Crippen molar-refractivity contribution in [3.8, 4) is 0 Å². The van der Waals surface area contributed by atoms with E-state index < -0.39 is 0 Å². The average Bonchev–Trinajstić information content (AvgIpc) is 3.38. The van der Waals surface area contributed by atoms with Crippen LogP contribution in [0.5, 0.6) is 0 Å².